The Hall–Kier alpha value is -3.56. The van der Waals surface area contributed by atoms with Crippen LogP contribution in [0.15, 0.2) is 30.3 Å². The van der Waals surface area contributed by atoms with Crippen molar-refractivity contribution in [1.29, 1.82) is 0 Å². The summed E-state index contributed by atoms with van der Waals surface area (Å²) in [5.41, 5.74) is 8.25. The van der Waals surface area contributed by atoms with E-state index in [2.05, 4.69) is 21.9 Å². The van der Waals surface area contributed by atoms with Crippen molar-refractivity contribution in [2.75, 3.05) is 25.9 Å². The Bertz CT molecular complexity index is 1130. The maximum atomic E-state index is 12.5. The summed E-state index contributed by atoms with van der Waals surface area (Å²) in [5, 5.41) is 0. The lowest BCUT2D eigenvalue weighted by Crippen LogP contribution is -2.39. The summed E-state index contributed by atoms with van der Waals surface area (Å²) in [5.74, 6) is 0.584. The molecule has 1 saturated heterocycles. The zero-order valence-corrected chi connectivity index (χ0v) is 20.6. The number of piperidine rings is 1. The number of hydrogen-bond acceptors (Lipinski definition) is 8. The molecule has 0 spiro atoms. The fourth-order valence-electron chi connectivity index (χ4n) is 4.37. The minimum absolute atomic E-state index is 0.0129. The summed E-state index contributed by atoms with van der Waals surface area (Å²) in [4.78, 5) is 27.7. The zero-order chi connectivity index (χ0) is 24.8. The Morgan fingerprint density at radius 3 is 2.60 bits per heavy atom. The molecular formula is C25H34N6O4. The monoisotopic (exact) mass is 482 g/mol. The lowest BCUT2D eigenvalue weighted by Gasteiger charge is -2.31. The van der Waals surface area contributed by atoms with Crippen LogP contribution in [0.4, 0.5) is 10.6 Å². The van der Waals surface area contributed by atoms with E-state index in [1.807, 2.05) is 41.8 Å². The van der Waals surface area contributed by atoms with Crippen molar-refractivity contribution < 1.29 is 19.0 Å². The average molecular weight is 483 g/mol. The molecule has 2 aromatic heterocycles. The van der Waals surface area contributed by atoms with Crippen molar-refractivity contribution in [3.8, 4) is 12.0 Å². The number of ether oxygens (including phenoxy) is 3. The van der Waals surface area contributed by atoms with Crippen molar-refractivity contribution >= 4 is 23.1 Å². The SMILES string of the molecule is CCC[C@H](C)Oc1nc(N)c2nc(OC)n(CC3CCN(C(=O)OCc4ccccc4)CC3)c2n1. The van der Waals surface area contributed by atoms with Gasteiger partial charge >= 0.3 is 12.1 Å². The molecular weight excluding hydrogens is 448 g/mol. The van der Waals surface area contributed by atoms with Gasteiger partial charge in [-0.3, -0.25) is 4.57 Å². The molecule has 0 radical (unpaired) electrons. The van der Waals surface area contributed by atoms with E-state index in [4.69, 9.17) is 19.9 Å². The summed E-state index contributed by atoms with van der Waals surface area (Å²) in [7, 11) is 1.58. The van der Waals surface area contributed by atoms with E-state index >= 15 is 0 Å². The summed E-state index contributed by atoms with van der Waals surface area (Å²) in [6.07, 6.45) is 3.28. The molecule has 3 aromatic rings. The molecule has 1 aliphatic rings. The first-order chi connectivity index (χ1) is 17.0. The number of rotatable bonds is 9. The van der Waals surface area contributed by atoms with Crippen LogP contribution in [0.1, 0.15) is 45.1 Å². The number of nitrogens with two attached hydrogens (primary N) is 1. The van der Waals surface area contributed by atoms with Gasteiger partial charge in [0.1, 0.15) is 6.61 Å². The molecule has 1 aliphatic heterocycles. The first-order valence-electron chi connectivity index (χ1n) is 12.2. The van der Waals surface area contributed by atoms with E-state index in [-0.39, 0.29) is 30.6 Å². The zero-order valence-electron chi connectivity index (χ0n) is 20.6. The second kappa shape index (κ2) is 11.2. The van der Waals surface area contributed by atoms with Crippen LogP contribution in [0.5, 0.6) is 12.0 Å². The number of likely N-dealkylation sites (tertiary alicyclic amines) is 1. The third-order valence-corrected chi connectivity index (χ3v) is 6.27. The van der Waals surface area contributed by atoms with Gasteiger partial charge in [0.05, 0.1) is 13.2 Å². The maximum absolute atomic E-state index is 12.5. The number of imidazole rings is 1. The van der Waals surface area contributed by atoms with E-state index in [1.165, 1.54) is 0 Å². The first-order valence-corrected chi connectivity index (χ1v) is 12.2. The van der Waals surface area contributed by atoms with Crippen LogP contribution in [-0.4, -0.2) is 56.8 Å². The molecule has 1 fully saturated rings. The van der Waals surface area contributed by atoms with Gasteiger partial charge < -0.3 is 24.8 Å². The minimum atomic E-state index is -0.276. The van der Waals surface area contributed by atoms with E-state index in [1.54, 1.807) is 12.0 Å². The Balaban J connectivity index is 1.41. The lowest BCUT2D eigenvalue weighted by molar-refractivity contribution is 0.0805. The highest BCUT2D eigenvalue weighted by Crippen LogP contribution is 2.29. The maximum Gasteiger partial charge on any atom is 0.410 e. The Labute approximate surface area is 205 Å². The van der Waals surface area contributed by atoms with Crippen LogP contribution in [0.25, 0.3) is 11.2 Å². The molecule has 35 heavy (non-hydrogen) atoms. The highest BCUT2D eigenvalue weighted by molar-refractivity contribution is 5.83. The summed E-state index contributed by atoms with van der Waals surface area (Å²) in [6.45, 7) is 6.28. The summed E-state index contributed by atoms with van der Waals surface area (Å²) in [6, 6.07) is 10.4. The molecule has 0 unspecified atom stereocenters. The molecule has 1 atom stereocenters. The van der Waals surface area contributed by atoms with Crippen molar-refractivity contribution in [3.63, 3.8) is 0 Å². The molecule has 3 heterocycles. The number of carbonyl (C=O) groups excluding carboxylic acids is 1. The van der Waals surface area contributed by atoms with Gasteiger partial charge in [0.25, 0.3) is 6.01 Å². The molecule has 0 saturated carbocycles. The van der Waals surface area contributed by atoms with Crippen molar-refractivity contribution in [2.24, 2.45) is 5.92 Å². The first kappa shape index (κ1) is 24.6. The Morgan fingerprint density at radius 1 is 1.17 bits per heavy atom. The smallest absolute Gasteiger partial charge is 0.410 e. The number of amides is 1. The second-order valence-corrected chi connectivity index (χ2v) is 8.96. The number of nitrogens with zero attached hydrogens (tertiary/aromatic N) is 5. The number of fused-ring (bicyclic) bond motifs is 1. The van der Waals surface area contributed by atoms with Crippen LogP contribution < -0.4 is 15.2 Å². The number of hydrogen-bond donors (Lipinski definition) is 1. The van der Waals surface area contributed by atoms with Gasteiger partial charge in [0.2, 0.25) is 0 Å². The Kier molecular flexibility index (Phi) is 7.89. The largest absolute Gasteiger partial charge is 0.468 e. The quantitative estimate of drug-likeness (QED) is 0.486. The highest BCUT2D eigenvalue weighted by Gasteiger charge is 2.27. The third kappa shape index (κ3) is 5.93. The van der Waals surface area contributed by atoms with Crippen LogP contribution in [0, 0.1) is 5.92 Å². The third-order valence-electron chi connectivity index (χ3n) is 6.27. The fraction of sp³-hybridized carbons (Fsp3) is 0.520. The Morgan fingerprint density at radius 2 is 1.91 bits per heavy atom. The van der Waals surface area contributed by atoms with Gasteiger partial charge in [-0.25, -0.2) is 4.79 Å². The highest BCUT2D eigenvalue weighted by atomic mass is 16.6. The number of nitrogen functional groups attached to an aromatic ring is 1. The van der Waals surface area contributed by atoms with Crippen LogP contribution in [-0.2, 0) is 17.9 Å². The van der Waals surface area contributed by atoms with E-state index < -0.39 is 0 Å². The summed E-state index contributed by atoms with van der Waals surface area (Å²) >= 11 is 0. The van der Waals surface area contributed by atoms with Gasteiger partial charge in [-0.1, -0.05) is 43.7 Å². The second-order valence-electron chi connectivity index (χ2n) is 8.96. The fourth-order valence-corrected chi connectivity index (χ4v) is 4.37. The molecule has 1 amide bonds. The number of aromatic nitrogens is 4. The van der Waals surface area contributed by atoms with Crippen molar-refractivity contribution in [3.05, 3.63) is 35.9 Å². The molecule has 10 heteroatoms. The van der Waals surface area contributed by atoms with E-state index in [0.717, 1.165) is 31.2 Å². The van der Waals surface area contributed by atoms with Crippen LogP contribution >= 0.6 is 0 Å². The van der Waals surface area contributed by atoms with E-state index in [0.29, 0.717) is 42.7 Å². The number of benzene rings is 1. The standard InChI is InChI=1S/C25H34N6O4/c1-4-8-17(2)35-23-28-21(26)20-22(29-23)31(24(27-20)33-3)15-18-11-13-30(14-12-18)25(32)34-16-19-9-6-5-7-10-19/h5-7,9-10,17-18H,4,8,11-16H2,1-3H3,(H2,26,28,29)/t17-/m0/s1. The van der Waals surface area contributed by atoms with Gasteiger partial charge in [0.15, 0.2) is 17.0 Å². The molecule has 4 rings (SSSR count). The summed E-state index contributed by atoms with van der Waals surface area (Å²) < 4.78 is 18.8. The molecule has 1 aromatic carbocycles. The molecule has 10 nitrogen and oxygen atoms in total. The van der Waals surface area contributed by atoms with Gasteiger partial charge in [-0.05, 0) is 37.7 Å². The molecule has 0 aliphatic carbocycles. The van der Waals surface area contributed by atoms with Gasteiger partial charge in [0, 0.05) is 19.6 Å². The number of methoxy groups -OCH3 is 1. The van der Waals surface area contributed by atoms with Crippen molar-refractivity contribution in [2.45, 2.75) is 58.8 Å². The molecule has 2 N–H and O–H groups in total. The van der Waals surface area contributed by atoms with Gasteiger partial charge in [-0.15, -0.1) is 0 Å². The predicted octanol–water partition coefficient (Wildman–Crippen LogP) is 4.03. The molecule has 188 valence electrons. The normalized spacial score (nSPS) is 15.2. The average Bonchev–Trinajstić information content (AvgIpc) is 3.21. The van der Waals surface area contributed by atoms with Gasteiger partial charge in [-0.2, -0.15) is 15.0 Å². The predicted molar refractivity (Wildman–Crippen MR) is 132 cm³/mol. The topological polar surface area (TPSA) is 118 Å². The van der Waals surface area contributed by atoms with E-state index in [9.17, 15) is 4.79 Å². The van der Waals surface area contributed by atoms with Crippen LogP contribution in [0.2, 0.25) is 0 Å². The number of anilines is 1. The lowest BCUT2D eigenvalue weighted by atomic mass is 9.97. The van der Waals surface area contributed by atoms with Crippen molar-refractivity contribution in [1.82, 2.24) is 24.4 Å². The number of carbonyl (C=O) groups is 1. The van der Waals surface area contributed by atoms with Crippen LogP contribution in [0.3, 0.4) is 0 Å². The molecule has 0 bridgehead atoms. The minimum Gasteiger partial charge on any atom is -0.468 e.